The van der Waals surface area contributed by atoms with Gasteiger partial charge in [0.05, 0.1) is 5.54 Å². The second-order valence-electron chi connectivity index (χ2n) is 7.51. The van der Waals surface area contributed by atoms with Gasteiger partial charge in [-0.1, -0.05) is 56.0 Å². The third-order valence-corrected chi connectivity index (χ3v) is 5.87. The number of nitrogens with one attached hydrogen (secondary N) is 1. The Bertz CT molecular complexity index is 530. The molecule has 1 heterocycles. The van der Waals surface area contributed by atoms with Crippen molar-refractivity contribution in [2.24, 2.45) is 5.73 Å². The van der Waals surface area contributed by atoms with E-state index in [0.717, 1.165) is 12.8 Å². The van der Waals surface area contributed by atoms with Crippen LogP contribution in [0.4, 0.5) is 0 Å². The van der Waals surface area contributed by atoms with Crippen LogP contribution in [0.3, 0.4) is 0 Å². The molecule has 2 aliphatic rings. The third-order valence-electron chi connectivity index (χ3n) is 5.87. The molecule has 1 amide bonds. The molecule has 4 heteroatoms. The van der Waals surface area contributed by atoms with Crippen LogP contribution < -0.4 is 11.1 Å². The van der Waals surface area contributed by atoms with E-state index < -0.39 is 5.54 Å². The highest BCUT2D eigenvalue weighted by atomic mass is 16.5. The summed E-state index contributed by atoms with van der Waals surface area (Å²) in [4.78, 5) is 12.7. The zero-order valence-electron chi connectivity index (χ0n) is 14.6. The molecule has 1 aliphatic carbocycles. The highest BCUT2D eigenvalue weighted by Gasteiger charge is 2.38. The second-order valence-corrected chi connectivity index (χ2v) is 7.51. The molecule has 0 atom stereocenters. The average molecular weight is 330 g/mol. The van der Waals surface area contributed by atoms with Crippen LogP contribution in [0.15, 0.2) is 30.3 Å². The van der Waals surface area contributed by atoms with E-state index in [2.05, 4.69) is 35.6 Å². The van der Waals surface area contributed by atoms with E-state index in [9.17, 15) is 4.79 Å². The van der Waals surface area contributed by atoms with Crippen molar-refractivity contribution in [1.82, 2.24) is 5.32 Å². The molecule has 1 aromatic rings. The predicted octanol–water partition coefficient (Wildman–Crippen LogP) is 2.90. The zero-order chi connectivity index (χ0) is 16.9. The lowest BCUT2D eigenvalue weighted by molar-refractivity contribution is -0.130. The monoisotopic (exact) mass is 330 g/mol. The van der Waals surface area contributed by atoms with Gasteiger partial charge in [0.2, 0.25) is 5.91 Å². The van der Waals surface area contributed by atoms with Gasteiger partial charge in [0.15, 0.2) is 0 Å². The Hall–Kier alpha value is -1.39. The fraction of sp³-hybridized carbons (Fsp3) is 0.650. The number of carbonyl (C=O) groups is 1. The van der Waals surface area contributed by atoms with Crippen LogP contribution >= 0.6 is 0 Å². The number of carbonyl (C=O) groups excluding carboxylic acids is 1. The van der Waals surface area contributed by atoms with Crippen molar-refractivity contribution < 1.29 is 9.53 Å². The molecule has 0 radical (unpaired) electrons. The summed E-state index contributed by atoms with van der Waals surface area (Å²) in [5.74, 6) is -0.00893. The van der Waals surface area contributed by atoms with Gasteiger partial charge in [-0.3, -0.25) is 4.79 Å². The van der Waals surface area contributed by atoms with Crippen LogP contribution in [0, 0.1) is 0 Å². The number of hydrogen-bond donors (Lipinski definition) is 2. The van der Waals surface area contributed by atoms with Crippen molar-refractivity contribution >= 4 is 5.91 Å². The predicted molar refractivity (Wildman–Crippen MR) is 95.8 cm³/mol. The highest BCUT2D eigenvalue weighted by molar-refractivity contribution is 5.86. The summed E-state index contributed by atoms with van der Waals surface area (Å²) < 4.78 is 5.36. The number of nitrogens with two attached hydrogens (primary N) is 1. The first-order valence-corrected chi connectivity index (χ1v) is 9.35. The Morgan fingerprint density at radius 3 is 2.25 bits per heavy atom. The van der Waals surface area contributed by atoms with Crippen LogP contribution in [0.2, 0.25) is 0 Å². The van der Waals surface area contributed by atoms with E-state index in [4.69, 9.17) is 10.5 Å². The van der Waals surface area contributed by atoms with E-state index in [1.807, 2.05) is 0 Å². The number of hydrogen-bond acceptors (Lipinski definition) is 3. The number of benzene rings is 1. The van der Waals surface area contributed by atoms with E-state index in [-0.39, 0.29) is 11.3 Å². The lowest BCUT2D eigenvalue weighted by Gasteiger charge is -2.37. The molecule has 2 fully saturated rings. The number of amides is 1. The van der Waals surface area contributed by atoms with E-state index in [1.54, 1.807) is 0 Å². The lowest BCUT2D eigenvalue weighted by atomic mass is 9.74. The smallest absolute Gasteiger partial charge is 0.240 e. The fourth-order valence-corrected chi connectivity index (χ4v) is 4.15. The normalized spacial score (nSPS) is 23.2. The average Bonchev–Trinajstić information content (AvgIpc) is 2.88. The molecule has 3 N–H and O–H groups in total. The van der Waals surface area contributed by atoms with Crippen molar-refractivity contribution in [2.75, 3.05) is 19.8 Å². The molecule has 24 heavy (non-hydrogen) atoms. The van der Waals surface area contributed by atoms with E-state index in [0.29, 0.717) is 32.6 Å². The van der Waals surface area contributed by atoms with Crippen LogP contribution in [-0.4, -0.2) is 31.2 Å². The highest BCUT2D eigenvalue weighted by Crippen LogP contribution is 2.38. The Morgan fingerprint density at radius 2 is 1.62 bits per heavy atom. The first kappa shape index (κ1) is 17.4. The van der Waals surface area contributed by atoms with Gasteiger partial charge in [-0.2, -0.15) is 0 Å². The number of rotatable bonds is 4. The quantitative estimate of drug-likeness (QED) is 0.834. The minimum Gasteiger partial charge on any atom is -0.381 e. The molecule has 1 aliphatic heterocycles. The fourth-order valence-electron chi connectivity index (χ4n) is 4.15. The Kier molecular flexibility index (Phi) is 5.57. The Morgan fingerprint density at radius 1 is 1.00 bits per heavy atom. The first-order valence-electron chi connectivity index (χ1n) is 9.35. The minimum absolute atomic E-state index is 0.00893. The van der Waals surface area contributed by atoms with Gasteiger partial charge in [0.25, 0.3) is 0 Å². The molecule has 0 spiro atoms. The summed E-state index contributed by atoms with van der Waals surface area (Å²) >= 11 is 0. The van der Waals surface area contributed by atoms with E-state index in [1.165, 1.54) is 31.2 Å². The summed E-state index contributed by atoms with van der Waals surface area (Å²) in [6, 6.07) is 10.7. The Labute approximate surface area is 145 Å². The van der Waals surface area contributed by atoms with Gasteiger partial charge in [-0.15, -0.1) is 0 Å². The SMILES string of the molecule is NC1(C(=O)NCC2(c3ccccc3)CCCCCC2)CCOCC1. The van der Waals surface area contributed by atoms with Gasteiger partial charge >= 0.3 is 0 Å². The maximum atomic E-state index is 12.7. The third kappa shape index (κ3) is 3.81. The molecule has 0 aromatic heterocycles. The summed E-state index contributed by atoms with van der Waals surface area (Å²) in [6.07, 6.45) is 8.53. The maximum Gasteiger partial charge on any atom is 0.240 e. The summed E-state index contributed by atoms with van der Waals surface area (Å²) in [6.45, 7) is 1.84. The van der Waals surface area contributed by atoms with Gasteiger partial charge in [-0.25, -0.2) is 0 Å². The van der Waals surface area contributed by atoms with Crippen LogP contribution in [0.25, 0.3) is 0 Å². The molecule has 132 valence electrons. The van der Waals surface area contributed by atoms with Gasteiger partial charge in [0.1, 0.15) is 0 Å². The second kappa shape index (κ2) is 7.66. The molecular formula is C20H30N2O2. The summed E-state index contributed by atoms with van der Waals surface area (Å²) in [7, 11) is 0. The van der Waals surface area contributed by atoms with Gasteiger partial charge in [-0.05, 0) is 31.2 Å². The van der Waals surface area contributed by atoms with Crippen LogP contribution in [0.5, 0.6) is 0 Å². The van der Waals surface area contributed by atoms with Crippen molar-refractivity contribution in [1.29, 1.82) is 0 Å². The van der Waals surface area contributed by atoms with Gasteiger partial charge in [0, 0.05) is 25.2 Å². The molecule has 1 aromatic carbocycles. The van der Waals surface area contributed by atoms with Gasteiger partial charge < -0.3 is 15.8 Å². The van der Waals surface area contributed by atoms with Crippen LogP contribution in [-0.2, 0) is 14.9 Å². The van der Waals surface area contributed by atoms with Crippen LogP contribution in [0.1, 0.15) is 56.9 Å². The summed E-state index contributed by atoms with van der Waals surface area (Å²) in [5, 5.41) is 3.21. The molecule has 3 rings (SSSR count). The maximum absolute atomic E-state index is 12.7. The number of ether oxygens (including phenoxy) is 1. The standard InChI is InChI=1S/C20H30N2O2/c21-20(12-14-24-15-13-20)18(23)22-16-19(10-6-1-2-7-11-19)17-8-4-3-5-9-17/h3-5,8-9H,1-2,6-7,10-16,21H2,(H,22,23). The largest absolute Gasteiger partial charge is 0.381 e. The van der Waals surface area contributed by atoms with Crippen molar-refractivity contribution in [2.45, 2.75) is 62.3 Å². The summed E-state index contributed by atoms with van der Waals surface area (Å²) in [5.41, 5.74) is 6.98. The zero-order valence-corrected chi connectivity index (χ0v) is 14.6. The molecule has 1 saturated heterocycles. The lowest BCUT2D eigenvalue weighted by Crippen LogP contribution is -2.58. The minimum atomic E-state index is -0.763. The van der Waals surface area contributed by atoms with Crippen molar-refractivity contribution in [3.63, 3.8) is 0 Å². The molecule has 0 unspecified atom stereocenters. The molecule has 0 bridgehead atoms. The molecule has 1 saturated carbocycles. The Balaban J connectivity index is 1.73. The van der Waals surface area contributed by atoms with E-state index >= 15 is 0 Å². The topological polar surface area (TPSA) is 64.4 Å². The van der Waals surface area contributed by atoms with Crippen molar-refractivity contribution in [3.05, 3.63) is 35.9 Å². The molecule has 4 nitrogen and oxygen atoms in total. The first-order chi connectivity index (χ1) is 11.6. The molecular weight excluding hydrogens is 300 g/mol. The van der Waals surface area contributed by atoms with Crippen molar-refractivity contribution in [3.8, 4) is 0 Å².